The second-order valence-electron chi connectivity index (χ2n) is 6.18. The van der Waals surface area contributed by atoms with E-state index in [1.165, 1.54) is 5.56 Å². The summed E-state index contributed by atoms with van der Waals surface area (Å²) in [5.74, 6) is 2.96. The summed E-state index contributed by atoms with van der Waals surface area (Å²) in [6.07, 6.45) is 0.466. The lowest BCUT2D eigenvalue weighted by molar-refractivity contribution is 0.0855. The zero-order valence-electron chi connectivity index (χ0n) is 14.5. The van der Waals surface area contributed by atoms with Crippen LogP contribution in [0.15, 0.2) is 84.0 Å². The quantitative estimate of drug-likeness (QED) is 0.614. The van der Waals surface area contributed by atoms with Crippen molar-refractivity contribution in [3.05, 3.63) is 90.0 Å². The predicted molar refractivity (Wildman–Crippen MR) is 101 cm³/mol. The van der Waals surface area contributed by atoms with Gasteiger partial charge in [-0.05, 0) is 48.9 Å². The molecular formula is C22H19NO3. The van der Waals surface area contributed by atoms with Gasteiger partial charge in [-0.3, -0.25) is 0 Å². The maximum atomic E-state index is 5.81. The lowest BCUT2D eigenvalue weighted by Gasteiger charge is -2.10. The smallest absolute Gasteiger partial charge is 0.235 e. The minimum absolute atomic E-state index is 0.138. The van der Waals surface area contributed by atoms with Crippen LogP contribution in [0.1, 0.15) is 23.7 Å². The van der Waals surface area contributed by atoms with Crippen LogP contribution in [0.3, 0.4) is 0 Å². The number of nitrogens with zero attached hydrogens (tertiary/aromatic N) is 1. The minimum Gasteiger partial charge on any atom is -0.457 e. The number of para-hydroxylation sites is 1. The molecule has 0 radical (unpaired) electrons. The lowest BCUT2D eigenvalue weighted by Crippen LogP contribution is -2.07. The average Bonchev–Trinajstić information content (AvgIpc) is 3.14. The number of benzene rings is 3. The minimum atomic E-state index is -0.138. The molecule has 26 heavy (non-hydrogen) atoms. The molecule has 1 aliphatic heterocycles. The van der Waals surface area contributed by atoms with Gasteiger partial charge in [0, 0.05) is 0 Å². The van der Waals surface area contributed by atoms with Crippen LogP contribution in [0.2, 0.25) is 0 Å². The second-order valence-corrected chi connectivity index (χ2v) is 6.18. The van der Waals surface area contributed by atoms with Gasteiger partial charge in [0.25, 0.3) is 0 Å². The van der Waals surface area contributed by atoms with Crippen molar-refractivity contribution in [3.8, 4) is 17.2 Å². The molecule has 1 heterocycles. The topological polar surface area (TPSA) is 40.0 Å². The molecule has 0 unspecified atom stereocenters. The van der Waals surface area contributed by atoms with Crippen LogP contribution < -0.4 is 9.47 Å². The Balaban J connectivity index is 1.36. The van der Waals surface area contributed by atoms with Crippen molar-refractivity contribution in [2.45, 2.75) is 19.4 Å². The highest BCUT2D eigenvalue weighted by atomic mass is 16.7. The third-order valence-corrected chi connectivity index (χ3v) is 4.13. The molecule has 1 aliphatic rings. The molecule has 130 valence electrons. The molecule has 1 atom stereocenters. The van der Waals surface area contributed by atoms with Crippen LogP contribution >= 0.6 is 0 Å². The molecule has 0 bridgehead atoms. The first kappa shape index (κ1) is 16.2. The van der Waals surface area contributed by atoms with Gasteiger partial charge in [0.05, 0.1) is 6.42 Å². The molecule has 0 N–H and O–H groups in total. The van der Waals surface area contributed by atoms with Crippen LogP contribution in [-0.2, 0) is 4.84 Å². The van der Waals surface area contributed by atoms with Crippen LogP contribution in [0.5, 0.6) is 17.2 Å². The summed E-state index contributed by atoms with van der Waals surface area (Å²) >= 11 is 0. The molecule has 3 aromatic rings. The Bertz CT molecular complexity index is 887. The molecule has 0 spiro atoms. The fraction of sp³-hybridized carbons (Fsp3) is 0.136. The van der Waals surface area contributed by atoms with E-state index in [0.29, 0.717) is 12.3 Å². The predicted octanol–water partition coefficient (Wildman–Crippen LogP) is 5.64. The number of ether oxygens (including phenoxy) is 2. The average molecular weight is 345 g/mol. The van der Waals surface area contributed by atoms with E-state index in [-0.39, 0.29) is 6.10 Å². The van der Waals surface area contributed by atoms with Gasteiger partial charge in [0.15, 0.2) is 6.10 Å². The maximum absolute atomic E-state index is 5.81. The fourth-order valence-corrected chi connectivity index (χ4v) is 2.71. The number of aryl methyl sites for hydroxylation is 1. The van der Waals surface area contributed by atoms with E-state index in [2.05, 4.69) is 5.16 Å². The van der Waals surface area contributed by atoms with Crippen LogP contribution in [-0.4, -0.2) is 5.90 Å². The largest absolute Gasteiger partial charge is 0.457 e. The molecule has 0 amide bonds. The Kier molecular flexibility index (Phi) is 4.56. The summed E-state index contributed by atoms with van der Waals surface area (Å²) in [6, 6.07) is 25.4. The molecule has 0 aromatic heterocycles. The summed E-state index contributed by atoms with van der Waals surface area (Å²) < 4.78 is 11.6. The molecule has 3 aromatic carbocycles. The van der Waals surface area contributed by atoms with Crippen molar-refractivity contribution >= 4 is 5.90 Å². The fourth-order valence-electron chi connectivity index (χ4n) is 2.71. The normalized spacial score (nSPS) is 15.9. The van der Waals surface area contributed by atoms with Gasteiger partial charge in [0.2, 0.25) is 5.90 Å². The molecule has 0 aliphatic carbocycles. The molecular weight excluding hydrogens is 326 g/mol. The Labute approximate surface area is 152 Å². The van der Waals surface area contributed by atoms with E-state index >= 15 is 0 Å². The molecule has 0 saturated carbocycles. The highest BCUT2D eigenvalue weighted by molar-refractivity contribution is 5.79. The first-order valence-electron chi connectivity index (χ1n) is 8.56. The summed E-state index contributed by atoms with van der Waals surface area (Å²) in [6.45, 7) is 2.04. The Morgan fingerprint density at radius 1 is 0.769 bits per heavy atom. The lowest BCUT2D eigenvalue weighted by atomic mass is 10.1. The van der Waals surface area contributed by atoms with Gasteiger partial charge in [-0.2, -0.15) is 0 Å². The van der Waals surface area contributed by atoms with Crippen molar-refractivity contribution in [2.75, 3.05) is 0 Å². The highest BCUT2D eigenvalue weighted by Gasteiger charge is 2.24. The third-order valence-electron chi connectivity index (χ3n) is 4.13. The van der Waals surface area contributed by atoms with Crippen LogP contribution in [0.25, 0.3) is 0 Å². The van der Waals surface area contributed by atoms with E-state index in [1.54, 1.807) is 0 Å². The third kappa shape index (κ3) is 3.86. The van der Waals surface area contributed by atoms with Crippen molar-refractivity contribution in [3.63, 3.8) is 0 Å². The molecule has 0 saturated heterocycles. The zero-order valence-corrected chi connectivity index (χ0v) is 14.5. The first-order chi connectivity index (χ1) is 12.8. The highest BCUT2D eigenvalue weighted by Crippen LogP contribution is 2.30. The van der Waals surface area contributed by atoms with Crippen LogP contribution in [0.4, 0.5) is 0 Å². The van der Waals surface area contributed by atoms with Crippen molar-refractivity contribution < 1.29 is 14.3 Å². The van der Waals surface area contributed by atoms with Gasteiger partial charge < -0.3 is 14.3 Å². The van der Waals surface area contributed by atoms with E-state index < -0.39 is 0 Å². The first-order valence-corrected chi connectivity index (χ1v) is 8.56. The van der Waals surface area contributed by atoms with Crippen molar-refractivity contribution in [2.24, 2.45) is 5.16 Å². The van der Waals surface area contributed by atoms with E-state index in [1.807, 2.05) is 85.8 Å². The van der Waals surface area contributed by atoms with E-state index in [4.69, 9.17) is 14.3 Å². The van der Waals surface area contributed by atoms with Gasteiger partial charge >= 0.3 is 0 Å². The summed E-state index contributed by atoms with van der Waals surface area (Å²) in [5, 5.41) is 4.06. The number of hydrogen-bond donors (Lipinski definition) is 0. The standard InChI is InChI=1S/C22H19NO3/c1-16-7-11-20(12-8-16)25-22-15-21(26-23-22)17-9-13-19(14-10-17)24-18-5-3-2-4-6-18/h2-14,21H,15H2,1H3/t21-/m0/s1. The Hall–Kier alpha value is -3.27. The molecule has 4 nitrogen and oxygen atoms in total. The van der Waals surface area contributed by atoms with Gasteiger partial charge in [-0.25, -0.2) is 0 Å². The maximum Gasteiger partial charge on any atom is 0.235 e. The number of hydrogen-bond acceptors (Lipinski definition) is 4. The molecule has 0 fully saturated rings. The van der Waals surface area contributed by atoms with Gasteiger partial charge in [-0.1, -0.05) is 53.2 Å². The van der Waals surface area contributed by atoms with Gasteiger partial charge in [0.1, 0.15) is 17.2 Å². The summed E-state index contributed by atoms with van der Waals surface area (Å²) in [5.41, 5.74) is 2.23. The monoisotopic (exact) mass is 345 g/mol. The Morgan fingerprint density at radius 3 is 2.12 bits per heavy atom. The van der Waals surface area contributed by atoms with E-state index in [0.717, 1.165) is 22.8 Å². The van der Waals surface area contributed by atoms with Gasteiger partial charge in [-0.15, -0.1) is 0 Å². The SMILES string of the molecule is Cc1ccc(OC2=NO[C@H](c3ccc(Oc4ccccc4)cc3)C2)cc1. The molecule has 4 rings (SSSR count). The summed E-state index contributed by atoms with van der Waals surface area (Å²) in [7, 11) is 0. The Morgan fingerprint density at radius 2 is 1.38 bits per heavy atom. The van der Waals surface area contributed by atoms with E-state index in [9.17, 15) is 0 Å². The zero-order chi connectivity index (χ0) is 17.8. The van der Waals surface area contributed by atoms with Crippen LogP contribution in [0, 0.1) is 6.92 Å². The summed E-state index contributed by atoms with van der Waals surface area (Å²) in [4.78, 5) is 5.53. The number of oxime groups is 1. The van der Waals surface area contributed by atoms with Crippen molar-refractivity contribution in [1.82, 2.24) is 0 Å². The molecule has 4 heteroatoms. The second kappa shape index (κ2) is 7.31. The number of rotatable bonds is 4. The van der Waals surface area contributed by atoms with Crippen molar-refractivity contribution in [1.29, 1.82) is 0 Å².